The lowest BCUT2D eigenvalue weighted by Gasteiger charge is -2.32. The van der Waals surface area contributed by atoms with E-state index in [1.165, 1.54) is 0 Å². The fourth-order valence-electron chi connectivity index (χ4n) is 3.62. The van der Waals surface area contributed by atoms with Gasteiger partial charge in [-0.2, -0.15) is 0 Å². The zero-order chi connectivity index (χ0) is 18.6. The van der Waals surface area contributed by atoms with Gasteiger partial charge in [-0.3, -0.25) is 0 Å². The third-order valence-electron chi connectivity index (χ3n) is 5.19. The highest BCUT2D eigenvalue weighted by atomic mass is 16.5. The Hall–Kier alpha value is -2.79. The molecule has 1 aliphatic heterocycles. The topological polar surface area (TPSA) is 54.7 Å². The number of piperidine rings is 1. The Morgan fingerprint density at radius 2 is 1.81 bits per heavy atom. The molecule has 5 nitrogen and oxygen atoms in total. The zero-order valence-corrected chi connectivity index (χ0v) is 15.4. The number of rotatable bonds is 4. The average molecular weight is 364 g/mol. The minimum atomic E-state index is -0.328. The summed E-state index contributed by atoms with van der Waals surface area (Å²) >= 11 is 0. The number of methoxy groups -OCH3 is 1. The van der Waals surface area contributed by atoms with Gasteiger partial charge in [-0.05, 0) is 30.5 Å². The minimum absolute atomic E-state index is 0.0705. The number of hydrogen-bond donors (Lipinski definition) is 1. The second-order valence-corrected chi connectivity index (χ2v) is 6.90. The quantitative estimate of drug-likeness (QED) is 0.749. The van der Waals surface area contributed by atoms with Crippen LogP contribution in [0, 0.1) is 0 Å². The average Bonchev–Trinajstić information content (AvgIpc) is 3.16. The lowest BCUT2D eigenvalue weighted by atomic mass is 10.0. The molecule has 0 aliphatic carbocycles. The highest BCUT2D eigenvalue weighted by Crippen LogP contribution is 2.28. The molecule has 0 saturated carbocycles. The number of fused-ring (bicyclic) bond motifs is 1. The minimum Gasteiger partial charge on any atom is -0.459 e. The highest BCUT2D eigenvalue weighted by Gasteiger charge is 2.26. The van der Waals surface area contributed by atoms with Crippen molar-refractivity contribution in [3.8, 4) is 0 Å². The van der Waals surface area contributed by atoms with E-state index in [2.05, 4.69) is 5.32 Å². The van der Waals surface area contributed by atoms with Crippen LogP contribution in [0.4, 0.5) is 4.79 Å². The molecule has 5 heteroatoms. The van der Waals surface area contributed by atoms with E-state index in [9.17, 15) is 4.79 Å². The standard InChI is InChI=1S/C22H24N2O3/c1-26-18-11-13-24(14-12-18)22(25)23-21(16-7-3-2-4-8-16)20-15-17-9-5-6-10-19(17)27-20/h2-10,15,18,21H,11-14H2,1H3,(H,23,25)/t21-/m1/s1. The monoisotopic (exact) mass is 364 g/mol. The molecule has 1 saturated heterocycles. The number of nitrogens with zero attached hydrogens (tertiary/aromatic N) is 1. The molecule has 0 spiro atoms. The van der Waals surface area contributed by atoms with Gasteiger partial charge in [0.25, 0.3) is 0 Å². The van der Waals surface area contributed by atoms with Crippen LogP contribution >= 0.6 is 0 Å². The predicted octanol–water partition coefficient (Wildman–Crippen LogP) is 4.34. The van der Waals surface area contributed by atoms with E-state index >= 15 is 0 Å². The molecule has 2 aromatic carbocycles. The van der Waals surface area contributed by atoms with Gasteiger partial charge in [0.1, 0.15) is 17.4 Å². The Morgan fingerprint density at radius 3 is 2.52 bits per heavy atom. The number of urea groups is 1. The van der Waals surface area contributed by atoms with Gasteiger partial charge in [-0.1, -0.05) is 48.5 Å². The van der Waals surface area contributed by atoms with Crippen molar-refractivity contribution in [2.45, 2.75) is 25.0 Å². The van der Waals surface area contributed by atoms with E-state index in [1.54, 1.807) is 7.11 Å². The van der Waals surface area contributed by atoms with Crippen LogP contribution in [0.5, 0.6) is 0 Å². The first-order valence-electron chi connectivity index (χ1n) is 9.36. The SMILES string of the molecule is COC1CCN(C(=O)N[C@H](c2ccccc2)c2cc3ccccc3o2)CC1. The van der Waals surface area contributed by atoms with Crippen LogP contribution in [0.2, 0.25) is 0 Å². The van der Waals surface area contributed by atoms with Crippen LogP contribution in [0.25, 0.3) is 11.0 Å². The molecule has 1 aliphatic rings. The molecule has 1 atom stereocenters. The van der Waals surface area contributed by atoms with E-state index in [1.807, 2.05) is 65.6 Å². The first kappa shape index (κ1) is 17.6. The number of para-hydroxylation sites is 1. The molecule has 0 bridgehead atoms. The van der Waals surface area contributed by atoms with Crippen molar-refractivity contribution in [3.63, 3.8) is 0 Å². The number of amides is 2. The number of nitrogens with one attached hydrogen (secondary N) is 1. The first-order valence-corrected chi connectivity index (χ1v) is 9.36. The summed E-state index contributed by atoms with van der Waals surface area (Å²) in [5.41, 5.74) is 1.82. The molecule has 0 radical (unpaired) electrons. The van der Waals surface area contributed by atoms with Crippen molar-refractivity contribution in [2.75, 3.05) is 20.2 Å². The maximum Gasteiger partial charge on any atom is 0.318 e. The molecular weight excluding hydrogens is 340 g/mol. The third kappa shape index (κ3) is 3.83. The van der Waals surface area contributed by atoms with Crippen molar-refractivity contribution >= 4 is 17.0 Å². The Bertz CT molecular complexity index is 865. The molecule has 2 heterocycles. The molecule has 1 fully saturated rings. The van der Waals surface area contributed by atoms with Crippen molar-refractivity contribution in [2.24, 2.45) is 0 Å². The maximum absolute atomic E-state index is 12.9. The number of hydrogen-bond acceptors (Lipinski definition) is 3. The number of furan rings is 1. The molecule has 140 valence electrons. The molecule has 1 aromatic heterocycles. The second-order valence-electron chi connectivity index (χ2n) is 6.90. The Balaban J connectivity index is 1.58. The largest absolute Gasteiger partial charge is 0.459 e. The van der Waals surface area contributed by atoms with Crippen LogP contribution in [-0.4, -0.2) is 37.2 Å². The number of benzene rings is 2. The summed E-state index contributed by atoms with van der Waals surface area (Å²) in [4.78, 5) is 14.8. The van der Waals surface area contributed by atoms with Crippen LogP contribution < -0.4 is 5.32 Å². The number of carbonyl (C=O) groups is 1. The van der Waals surface area contributed by atoms with Crippen LogP contribution in [0.1, 0.15) is 30.2 Å². The summed E-state index contributed by atoms with van der Waals surface area (Å²) in [6, 6.07) is 19.4. The molecule has 0 unspecified atom stereocenters. The highest BCUT2D eigenvalue weighted by molar-refractivity contribution is 5.79. The molecule has 4 rings (SSSR count). The fourth-order valence-corrected chi connectivity index (χ4v) is 3.62. The number of likely N-dealkylation sites (tertiary alicyclic amines) is 1. The van der Waals surface area contributed by atoms with Crippen LogP contribution in [0.3, 0.4) is 0 Å². The van der Waals surface area contributed by atoms with Gasteiger partial charge in [0.2, 0.25) is 0 Å². The van der Waals surface area contributed by atoms with Gasteiger partial charge in [0.15, 0.2) is 0 Å². The summed E-state index contributed by atoms with van der Waals surface area (Å²) in [5.74, 6) is 0.738. The summed E-state index contributed by atoms with van der Waals surface area (Å²) in [5, 5.41) is 4.20. The molecule has 2 amide bonds. The molecular formula is C22H24N2O3. The van der Waals surface area contributed by atoms with Gasteiger partial charge in [0.05, 0.1) is 6.10 Å². The summed E-state index contributed by atoms with van der Waals surface area (Å²) < 4.78 is 11.5. The van der Waals surface area contributed by atoms with Crippen LogP contribution in [0.15, 0.2) is 65.1 Å². The van der Waals surface area contributed by atoms with Gasteiger partial charge < -0.3 is 19.4 Å². The Morgan fingerprint density at radius 1 is 1.11 bits per heavy atom. The lowest BCUT2D eigenvalue weighted by Crippen LogP contribution is -2.46. The smallest absolute Gasteiger partial charge is 0.318 e. The van der Waals surface area contributed by atoms with Crippen molar-refractivity contribution in [1.29, 1.82) is 0 Å². The summed E-state index contributed by atoms with van der Waals surface area (Å²) in [6.45, 7) is 1.40. The van der Waals surface area contributed by atoms with Gasteiger partial charge in [-0.15, -0.1) is 0 Å². The number of ether oxygens (including phenoxy) is 1. The summed E-state index contributed by atoms with van der Waals surface area (Å²) in [6.07, 6.45) is 1.98. The maximum atomic E-state index is 12.9. The molecule has 1 N–H and O–H groups in total. The first-order chi connectivity index (χ1) is 13.2. The number of carbonyl (C=O) groups excluding carboxylic acids is 1. The van der Waals surface area contributed by atoms with Crippen molar-refractivity contribution in [3.05, 3.63) is 72.0 Å². The Kier molecular flexibility index (Phi) is 5.12. The zero-order valence-electron chi connectivity index (χ0n) is 15.4. The van der Waals surface area contributed by atoms with E-state index in [0.29, 0.717) is 13.1 Å². The van der Waals surface area contributed by atoms with Crippen LogP contribution in [-0.2, 0) is 4.74 Å². The Labute approximate surface area is 158 Å². The van der Waals surface area contributed by atoms with Gasteiger partial charge in [-0.25, -0.2) is 4.79 Å². The van der Waals surface area contributed by atoms with E-state index in [0.717, 1.165) is 35.1 Å². The summed E-state index contributed by atoms with van der Waals surface area (Å²) in [7, 11) is 1.73. The predicted molar refractivity (Wildman–Crippen MR) is 105 cm³/mol. The van der Waals surface area contributed by atoms with Gasteiger partial charge >= 0.3 is 6.03 Å². The van der Waals surface area contributed by atoms with Gasteiger partial charge in [0, 0.05) is 25.6 Å². The van der Waals surface area contributed by atoms with E-state index in [-0.39, 0.29) is 18.2 Å². The van der Waals surface area contributed by atoms with Crippen molar-refractivity contribution in [1.82, 2.24) is 10.2 Å². The normalized spacial score (nSPS) is 16.4. The molecule has 3 aromatic rings. The lowest BCUT2D eigenvalue weighted by molar-refractivity contribution is 0.0500. The van der Waals surface area contributed by atoms with E-state index < -0.39 is 0 Å². The molecule has 27 heavy (non-hydrogen) atoms. The van der Waals surface area contributed by atoms with Crippen molar-refractivity contribution < 1.29 is 13.9 Å². The fraction of sp³-hybridized carbons (Fsp3) is 0.318. The third-order valence-corrected chi connectivity index (χ3v) is 5.19. The van der Waals surface area contributed by atoms with E-state index in [4.69, 9.17) is 9.15 Å². The second kappa shape index (κ2) is 7.84.